The second kappa shape index (κ2) is 8.59. The molecule has 0 aliphatic carbocycles. The van der Waals surface area contributed by atoms with Crippen molar-refractivity contribution in [3.8, 4) is 5.75 Å². The molecule has 2 aromatic heterocycles. The lowest BCUT2D eigenvalue weighted by Crippen LogP contribution is -2.06. The Morgan fingerprint density at radius 2 is 1.90 bits per heavy atom. The molecule has 0 unspecified atom stereocenters. The number of carbonyl (C=O) groups is 1. The molecule has 8 nitrogen and oxygen atoms in total. The van der Waals surface area contributed by atoms with Crippen molar-refractivity contribution in [2.45, 2.75) is 20.0 Å². The molecule has 152 valence electrons. The van der Waals surface area contributed by atoms with E-state index in [4.69, 9.17) is 9.47 Å². The number of hydrogen-bond donors (Lipinski definition) is 2. The van der Waals surface area contributed by atoms with Gasteiger partial charge in [-0.2, -0.15) is 4.98 Å². The van der Waals surface area contributed by atoms with Crippen molar-refractivity contribution in [1.29, 1.82) is 0 Å². The van der Waals surface area contributed by atoms with Crippen LogP contribution in [0.15, 0.2) is 42.7 Å². The molecule has 2 N–H and O–H groups in total. The molecule has 0 saturated carbocycles. The number of nitrogens with zero attached hydrogens (tertiary/aromatic N) is 3. The first-order chi connectivity index (χ1) is 13.9. The molecule has 3 rings (SSSR count). The Kier molecular flexibility index (Phi) is 5.96. The number of halogens is 1. The van der Waals surface area contributed by atoms with Crippen LogP contribution in [0.3, 0.4) is 0 Å². The Hall–Kier alpha value is -3.62. The first-order valence-corrected chi connectivity index (χ1v) is 8.93. The summed E-state index contributed by atoms with van der Waals surface area (Å²) in [6.45, 7) is 3.88. The fourth-order valence-electron chi connectivity index (χ4n) is 2.61. The van der Waals surface area contributed by atoms with E-state index in [-0.39, 0.29) is 17.9 Å². The van der Waals surface area contributed by atoms with Crippen LogP contribution >= 0.6 is 0 Å². The number of carbonyl (C=O) groups excluding carboxylic acids is 1. The Morgan fingerprint density at radius 1 is 1.17 bits per heavy atom. The molecular formula is C20H22FN5O3. The lowest BCUT2D eigenvalue weighted by Gasteiger charge is -2.11. The van der Waals surface area contributed by atoms with E-state index in [1.807, 2.05) is 13.8 Å². The predicted molar refractivity (Wildman–Crippen MR) is 108 cm³/mol. The maximum atomic E-state index is 14.2. The van der Waals surface area contributed by atoms with E-state index in [0.29, 0.717) is 17.1 Å². The van der Waals surface area contributed by atoms with Crippen molar-refractivity contribution in [2.75, 3.05) is 17.7 Å². The van der Waals surface area contributed by atoms with Crippen LogP contribution in [0.2, 0.25) is 0 Å². The molecule has 9 heteroatoms. The number of rotatable bonds is 7. The average Bonchev–Trinajstić information content (AvgIpc) is 3.05. The third-order valence-corrected chi connectivity index (χ3v) is 3.89. The predicted octanol–water partition coefficient (Wildman–Crippen LogP) is 4.02. The molecule has 29 heavy (non-hydrogen) atoms. The molecule has 1 aromatic carbocycles. The lowest BCUT2D eigenvalue weighted by molar-refractivity contribution is 0.0590. The van der Waals surface area contributed by atoms with Gasteiger partial charge in [-0.05, 0) is 44.2 Å². The highest BCUT2D eigenvalue weighted by atomic mass is 19.1. The van der Waals surface area contributed by atoms with Gasteiger partial charge in [-0.1, -0.05) is 0 Å². The molecule has 0 spiro atoms. The summed E-state index contributed by atoms with van der Waals surface area (Å²) < 4.78 is 26.1. The van der Waals surface area contributed by atoms with Crippen LogP contribution < -0.4 is 15.4 Å². The van der Waals surface area contributed by atoms with Gasteiger partial charge in [-0.15, -0.1) is 0 Å². The number of methoxy groups -OCH3 is 1. The van der Waals surface area contributed by atoms with E-state index >= 15 is 0 Å². The van der Waals surface area contributed by atoms with Crippen LogP contribution in [-0.2, 0) is 11.8 Å². The van der Waals surface area contributed by atoms with Crippen molar-refractivity contribution >= 4 is 29.1 Å². The summed E-state index contributed by atoms with van der Waals surface area (Å²) in [7, 11) is 3.02. The van der Waals surface area contributed by atoms with E-state index in [9.17, 15) is 9.18 Å². The number of aromatic nitrogens is 3. The van der Waals surface area contributed by atoms with E-state index in [2.05, 4.69) is 20.6 Å². The summed E-state index contributed by atoms with van der Waals surface area (Å²) in [5.41, 5.74) is 1.58. The number of ether oxygens (including phenoxy) is 2. The Balaban J connectivity index is 1.75. The van der Waals surface area contributed by atoms with Crippen LogP contribution in [0.5, 0.6) is 5.75 Å². The summed E-state index contributed by atoms with van der Waals surface area (Å²) in [6, 6.07) is 8.72. The molecule has 0 radical (unpaired) electrons. The van der Waals surface area contributed by atoms with Crippen molar-refractivity contribution in [3.05, 3.63) is 54.2 Å². The summed E-state index contributed by atoms with van der Waals surface area (Å²) in [5, 5.41) is 5.87. The first kappa shape index (κ1) is 20.1. The topological polar surface area (TPSA) is 90.3 Å². The molecule has 2 heterocycles. The fraction of sp³-hybridized carbons (Fsp3) is 0.250. The molecule has 0 atom stereocenters. The van der Waals surface area contributed by atoms with Crippen LogP contribution in [0, 0.1) is 5.82 Å². The van der Waals surface area contributed by atoms with Gasteiger partial charge >= 0.3 is 5.97 Å². The zero-order chi connectivity index (χ0) is 21.0. The minimum atomic E-state index is -0.596. The van der Waals surface area contributed by atoms with Gasteiger partial charge in [0.05, 0.1) is 25.1 Å². The van der Waals surface area contributed by atoms with Gasteiger partial charge in [0.2, 0.25) is 5.95 Å². The zero-order valence-electron chi connectivity index (χ0n) is 16.6. The maximum absolute atomic E-state index is 14.2. The quantitative estimate of drug-likeness (QED) is 0.580. The highest BCUT2D eigenvalue weighted by Crippen LogP contribution is 2.23. The number of anilines is 4. The number of hydrogen-bond acceptors (Lipinski definition) is 7. The van der Waals surface area contributed by atoms with Gasteiger partial charge < -0.3 is 24.7 Å². The first-order valence-electron chi connectivity index (χ1n) is 8.93. The number of aryl methyl sites for hydroxylation is 1. The van der Waals surface area contributed by atoms with Crippen molar-refractivity contribution in [1.82, 2.24) is 14.5 Å². The molecule has 3 aromatic rings. The maximum Gasteiger partial charge on any atom is 0.354 e. The van der Waals surface area contributed by atoms with Crippen LogP contribution in [0.25, 0.3) is 0 Å². The fourth-order valence-corrected chi connectivity index (χ4v) is 2.61. The molecule has 0 aliphatic rings. The van der Waals surface area contributed by atoms with Crippen molar-refractivity contribution < 1.29 is 18.7 Å². The summed E-state index contributed by atoms with van der Waals surface area (Å²) >= 11 is 0. The lowest BCUT2D eigenvalue weighted by atomic mass is 10.3. The Bertz CT molecular complexity index is 1000. The van der Waals surface area contributed by atoms with Gasteiger partial charge in [-0.3, -0.25) is 0 Å². The van der Waals surface area contributed by atoms with E-state index in [0.717, 1.165) is 11.9 Å². The number of esters is 1. The molecule has 0 saturated heterocycles. The second-order valence-electron chi connectivity index (χ2n) is 6.55. The van der Waals surface area contributed by atoms with Gasteiger partial charge in [0, 0.05) is 18.9 Å². The zero-order valence-corrected chi connectivity index (χ0v) is 16.6. The molecule has 0 aliphatic heterocycles. The summed E-state index contributed by atoms with van der Waals surface area (Å²) in [6.07, 6.45) is 2.82. The highest BCUT2D eigenvalue weighted by Gasteiger charge is 2.14. The Labute approximate surface area is 167 Å². The van der Waals surface area contributed by atoms with Gasteiger partial charge in [0.1, 0.15) is 11.4 Å². The summed E-state index contributed by atoms with van der Waals surface area (Å²) in [4.78, 5) is 19.8. The molecule has 0 fully saturated rings. The van der Waals surface area contributed by atoms with Gasteiger partial charge in [0.25, 0.3) is 0 Å². The van der Waals surface area contributed by atoms with E-state index in [1.54, 1.807) is 48.1 Å². The SMILES string of the molecule is COC(=O)c1cc(Nc2ncc(F)c(Nc3ccc(OC(C)C)cc3)n2)cn1C. The highest BCUT2D eigenvalue weighted by molar-refractivity contribution is 5.89. The van der Waals surface area contributed by atoms with Crippen molar-refractivity contribution in [3.63, 3.8) is 0 Å². The smallest absolute Gasteiger partial charge is 0.354 e. The van der Waals surface area contributed by atoms with Gasteiger partial charge in [0.15, 0.2) is 11.6 Å². The third kappa shape index (κ3) is 5.01. The van der Waals surface area contributed by atoms with E-state index in [1.165, 1.54) is 7.11 Å². The van der Waals surface area contributed by atoms with E-state index < -0.39 is 11.8 Å². The molecule has 0 amide bonds. The second-order valence-corrected chi connectivity index (χ2v) is 6.55. The standard InChI is InChI=1S/C20H22FN5O3/c1-12(2)29-15-7-5-13(6-8-15)23-18-16(21)10-22-20(25-18)24-14-9-17(19(27)28-4)26(3)11-14/h5-12H,1-4H3,(H2,22,23,24,25). The number of nitrogens with one attached hydrogen (secondary N) is 2. The van der Waals surface area contributed by atoms with Crippen LogP contribution in [0.1, 0.15) is 24.3 Å². The molecule has 0 bridgehead atoms. The number of benzene rings is 1. The minimum Gasteiger partial charge on any atom is -0.491 e. The third-order valence-electron chi connectivity index (χ3n) is 3.89. The Morgan fingerprint density at radius 3 is 2.55 bits per heavy atom. The normalized spacial score (nSPS) is 10.7. The average molecular weight is 399 g/mol. The monoisotopic (exact) mass is 399 g/mol. The van der Waals surface area contributed by atoms with Crippen LogP contribution in [-0.4, -0.2) is 33.7 Å². The van der Waals surface area contributed by atoms with Crippen molar-refractivity contribution in [2.24, 2.45) is 7.05 Å². The minimum absolute atomic E-state index is 0.0177. The van der Waals surface area contributed by atoms with Gasteiger partial charge in [-0.25, -0.2) is 14.2 Å². The van der Waals surface area contributed by atoms with Crippen LogP contribution in [0.4, 0.5) is 27.5 Å². The summed E-state index contributed by atoms with van der Waals surface area (Å²) in [5.74, 6) is -0.143. The largest absolute Gasteiger partial charge is 0.491 e. The molecular weight excluding hydrogens is 377 g/mol.